The lowest BCUT2D eigenvalue weighted by Gasteiger charge is -2.44. The Morgan fingerprint density at radius 2 is 1.73 bits per heavy atom. The molecule has 1 unspecified atom stereocenters. The lowest BCUT2D eigenvalue weighted by Crippen LogP contribution is -2.53. The van der Waals surface area contributed by atoms with Crippen molar-refractivity contribution in [1.29, 1.82) is 0 Å². The molecule has 178 valence electrons. The zero-order chi connectivity index (χ0) is 22.6. The molecule has 1 aliphatic carbocycles. The van der Waals surface area contributed by atoms with Gasteiger partial charge in [-0.25, -0.2) is 0 Å². The molecule has 8 nitrogen and oxygen atoms in total. The van der Waals surface area contributed by atoms with Gasteiger partial charge in [0.05, 0.1) is 7.11 Å². The van der Waals surface area contributed by atoms with Crippen LogP contribution in [-0.2, 0) is 0 Å². The van der Waals surface area contributed by atoms with E-state index in [1.165, 1.54) is 58.0 Å². The molecule has 3 aliphatic heterocycles. The van der Waals surface area contributed by atoms with Crippen LogP contribution in [0.15, 0.2) is 18.2 Å². The second-order valence-electron chi connectivity index (χ2n) is 9.89. The summed E-state index contributed by atoms with van der Waals surface area (Å²) in [5, 5.41) is 10.5. The van der Waals surface area contributed by atoms with Crippen molar-refractivity contribution in [2.75, 3.05) is 49.2 Å². The Balaban J connectivity index is 1.34. The number of hydrogen-bond acceptors (Lipinski definition) is 8. The van der Waals surface area contributed by atoms with Crippen molar-refractivity contribution in [1.82, 2.24) is 19.9 Å². The first-order chi connectivity index (χ1) is 16.2. The van der Waals surface area contributed by atoms with Crippen LogP contribution in [0.5, 0.6) is 5.75 Å². The summed E-state index contributed by atoms with van der Waals surface area (Å²) in [7, 11) is 1.69. The molecule has 4 fully saturated rings. The number of aromatic nitrogens is 3. The Bertz CT molecular complexity index is 938. The second kappa shape index (κ2) is 10.1. The maximum Gasteiger partial charge on any atom is 0.233 e. The van der Waals surface area contributed by atoms with E-state index in [-0.39, 0.29) is 0 Å². The van der Waals surface area contributed by atoms with E-state index in [1.807, 2.05) is 19.1 Å². The lowest BCUT2D eigenvalue weighted by molar-refractivity contribution is 0.0972. The summed E-state index contributed by atoms with van der Waals surface area (Å²) < 4.78 is 5.39. The minimum atomic E-state index is 0.400. The number of nitrogens with zero attached hydrogens (tertiary/aromatic N) is 4. The maximum absolute atomic E-state index is 5.39. The highest BCUT2D eigenvalue weighted by atomic mass is 16.5. The van der Waals surface area contributed by atoms with Crippen molar-refractivity contribution >= 4 is 23.5 Å². The molecular formula is C25H37N7O. The molecule has 2 bridgehead atoms. The monoisotopic (exact) mass is 451 g/mol. The van der Waals surface area contributed by atoms with E-state index >= 15 is 0 Å². The predicted octanol–water partition coefficient (Wildman–Crippen LogP) is 4.43. The van der Waals surface area contributed by atoms with E-state index in [0.717, 1.165) is 30.1 Å². The highest BCUT2D eigenvalue weighted by Gasteiger charge is 2.34. The molecule has 8 heteroatoms. The van der Waals surface area contributed by atoms with Crippen LogP contribution in [0.3, 0.4) is 0 Å². The molecule has 4 heterocycles. The Morgan fingerprint density at radius 3 is 2.42 bits per heavy atom. The smallest absolute Gasteiger partial charge is 0.233 e. The number of aryl methyl sites for hydroxylation is 1. The number of ether oxygens (including phenoxy) is 1. The van der Waals surface area contributed by atoms with E-state index in [1.54, 1.807) is 7.11 Å². The van der Waals surface area contributed by atoms with Crippen LogP contribution in [0.1, 0.15) is 50.5 Å². The standard InChI is InChI=1S/C25H37N7O/c1-17-14-20(8-9-22(17)33-2)27-24-29-23(26-15-18-6-4-3-5-7-18)30-25(31-24)28-21-16-32-12-10-19(21)11-13-32/h8-9,14,18-19,21H,3-7,10-13,15-16H2,1-2H3,(H3,26,27,28,29,30,31). The van der Waals surface area contributed by atoms with Crippen LogP contribution in [0, 0.1) is 18.8 Å². The van der Waals surface area contributed by atoms with Crippen LogP contribution in [0.4, 0.5) is 23.5 Å². The predicted molar refractivity (Wildman–Crippen MR) is 132 cm³/mol. The van der Waals surface area contributed by atoms with Gasteiger partial charge in [0, 0.05) is 24.8 Å². The molecule has 0 radical (unpaired) electrons. The van der Waals surface area contributed by atoms with Gasteiger partial charge in [-0.1, -0.05) is 19.3 Å². The van der Waals surface area contributed by atoms with Gasteiger partial charge >= 0.3 is 0 Å². The van der Waals surface area contributed by atoms with Gasteiger partial charge in [0.2, 0.25) is 17.8 Å². The SMILES string of the molecule is COc1ccc(Nc2nc(NCC3CCCCC3)nc(NC3CN4CCC3CC4)n2)cc1C. The quantitative estimate of drug-likeness (QED) is 0.543. The molecule has 0 amide bonds. The van der Waals surface area contributed by atoms with Gasteiger partial charge in [0.15, 0.2) is 0 Å². The molecule has 4 aliphatic rings. The summed E-state index contributed by atoms with van der Waals surface area (Å²) in [6.07, 6.45) is 9.12. The number of piperidine rings is 3. The molecule has 0 spiro atoms. The van der Waals surface area contributed by atoms with Crippen LogP contribution in [0.25, 0.3) is 0 Å². The number of fused-ring (bicyclic) bond motifs is 3. The molecule has 1 aromatic carbocycles. The van der Waals surface area contributed by atoms with E-state index in [0.29, 0.717) is 35.7 Å². The average Bonchev–Trinajstić information content (AvgIpc) is 2.84. The Hall–Kier alpha value is -2.61. The fourth-order valence-electron chi connectivity index (χ4n) is 5.58. The number of hydrogen-bond donors (Lipinski definition) is 3. The van der Waals surface area contributed by atoms with Gasteiger partial charge < -0.3 is 25.6 Å². The normalized spacial score (nSPS) is 25.0. The van der Waals surface area contributed by atoms with Crippen LogP contribution in [0.2, 0.25) is 0 Å². The molecule has 3 N–H and O–H groups in total. The van der Waals surface area contributed by atoms with E-state index < -0.39 is 0 Å². The third-order valence-electron chi connectivity index (χ3n) is 7.53. The zero-order valence-electron chi connectivity index (χ0n) is 19.9. The molecule has 3 saturated heterocycles. The summed E-state index contributed by atoms with van der Waals surface area (Å²) >= 11 is 0. The average molecular weight is 452 g/mol. The topological polar surface area (TPSA) is 87.2 Å². The number of anilines is 4. The molecule has 1 atom stereocenters. The van der Waals surface area contributed by atoms with Gasteiger partial charge in [-0.15, -0.1) is 0 Å². The highest BCUT2D eigenvalue weighted by molar-refractivity contribution is 5.58. The van der Waals surface area contributed by atoms with Crippen LogP contribution >= 0.6 is 0 Å². The number of benzene rings is 1. The molecular weight excluding hydrogens is 414 g/mol. The minimum absolute atomic E-state index is 0.400. The van der Waals surface area contributed by atoms with Gasteiger partial charge in [-0.3, -0.25) is 0 Å². The summed E-state index contributed by atoms with van der Waals surface area (Å²) in [6.45, 7) is 6.47. The van der Waals surface area contributed by atoms with Gasteiger partial charge in [-0.05, 0) is 81.3 Å². The Morgan fingerprint density at radius 1 is 0.970 bits per heavy atom. The molecule has 1 aromatic heterocycles. The van der Waals surface area contributed by atoms with Gasteiger partial charge in [-0.2, -0.15) is 15.0 Å². The maximum atomic E-state index is 5.39. The zero-order valence-corrected chi connectivity index (χ0v) is 19.9. The van der Waals surface area contributed by atoms with Crippen molar-refractivity contribution in [3.63, 3.8) is 0 Å². The van der Waals surface area contributed by atoms with E-state index in [4.69, 9.17) is 19.7 Å². The molecule has 33 heavy (non-hydrogen) atoms. The van der Waals surface area contributed by atoms with Crippen molar-refractivity contribution in [3.05, 3.63) is 23.8 Å². The Labute approximate surface area is 196 Å². The number of methoxy groups -OCH3 is 1. The van der Waals surface area contributed by atoms with Crippen molar-refractivity contribution in [2.45, 2.75) is 57.9 Å². The summed E-state index contributed by atoms with van der Waals surface area (Å²) in [5.41, 5.74) is 2.00. The third-order valence-corrected chi connectivity index (χ3v) is 7.53. The third kappa shape index (κ3) is 5.49. The van der Waals surface area contributed by atoms with Gasteiger partial charge in [0.25, 0.3) is 0 Å². The number of rotatable bonds is 8. The van der Waals surface area contributed by atoms with Crippen LogP contribution < -0.4 is 20.7 Å². The first-order valence-corrected chi connectivity index (χ1v) is 12.6. The summed E-state index contributed by atoms with van der Waals surface area (Å²) in [4.78, 5) is 16.7. The largest absolute Gasteiger partial charge is 0.496 e. The first kappa shape index (κ1) is 22.2. The first-order valence-electron chi connectivity index (χ1n) is 12.6. The highest BCUT2D eigenvalue weighted by Crippen LogP contribution is 2.30. The van der Waals surface area contributed by atoms with Crippen molar-refractivity contribution < 1.29 is 4.74 Å². The fraction of sp³-hybridized carbons (Fsp3) is 0.640. The molecule has 1 saturated carbocycles. The molecule has 2 aromatic rings. The summed E-state index contributed by atoms with van der Waals surface area (Å²) in [6, 6.07) is 6.41. The second-order valence-corrected chi connectivity index (χ2v) is 9.89. The lowest BCUT2D eigenvalue weighted by atomic mass is 9.84. The Kier molecular flexibility index (Phi) is 6.80. The van der Waals surface area contributed by atoms with Gasteiger partial charge in [0.1, 0.15) is 5.75 Å². The number of nitrogens with one attached hydrogen (secondary N) is 3. The van der Waals surface area contributed by atoms with Crippen LogP contribution in [-0.4, -0.2) is 59.2 Å². The van der Waals surface area contributed by atoms with E-state index in [2.05, 4.69) is 26.9 Å². The summed E-state index contributed by atoms with van der Waals surface area (Å²) in [5.74, 6) is 4.13. The minimum Gasteiger partial charge on any atom is -0.496 e. The fourth-order valence-corrected chi connectivity index (χ4v) is 5.58. The molecule has 6 rings (SSSR count). The van der Waals surface area contributed by atoms with E-state index in [9.17, 15) is 0 Å². The van der Waals surface area contributed by atoms with Crippen molar-refractivity contribution in [3.8, 4) is 5.75 Å². The van der Waals surface area contributed by atoms with Crippen molar-refractivity contribution in [2.24, 2.45) is 11.8 Å².